The van der Waals surface area contributed by atoms with Crippen LogP contribution in [0.2, 0.25) is 0 Å². The number of anilines is 2. The topological polar surface area (TPSA) is 50.8 Å². The highest BCUT2D eigenvalue weighted by Crippen LogP contribution is 2.28. The lowest BCUT2D eigenvalue weighted by molar-refractivity contribution is 0.256. The summed E-state index contributed by atoms with van der Waals surface area (Å²) < 4.78 is 11.7. The minimum absolute atomic E-state index is 0.211. The molecule has 144 valence electrons. The second kappa shape index (κ2) is 9.45. The molecule has 0 aliphatic rings. The maximum Gasteiger partial charge on any atom is 0.326 e. The average Bonchev–Trinajstić information content (AvgIpc) is 2.73. The molecule has 0 saturated heterocycles. The number of amides is 2. The number of hydrogen-bond donors (Lipinski definition) is 1. The highest BCUT2D eigenvalue weighted by Gasteiger charge is 2.19. The molecule has 0 heterocycles. The molecule has 0 aliphatic heterocycles. The van der Waals surface area contributed by atoms with E-state index < -0.39 is 0 Å². The predicted octanol–water partition coefficient (Wildman–Crippen LogP) is 5.55. The molecular weight excluding hydrogens is 467 g/mol. The summed E-state index contributed by atoms with van der Waals surface area (Å²) in [5.74, 6) is 1.36. The summed E-state index contributed by atoms with van der Waals surface area (Å²) in [6.45, 7) is 0.367. The zero-order valence-corrected chi connectivity index (χ0v) is 17.8. The number of nitrogens with one attached hydrogen (secondary N) is 1. The molecule has 0 atom stereocenters. The summed E-state index contributed by atoms with van der Waals surface area (Å²) in [7, 11) is 3.22. The molecule has 0 fully saturated rings. The van der Waals surface area contributed by atoms with Gasteiger partial charge in [-0.25, -0.2) is 4.79 Å². The van der Waals surface area contributed by atoms with Gasteiger partial charge in [0.15, 0.2) is 0 Å². The number of benzene rings is 3. The third-order valence-electron chi connectivity index (χ3n) is 4.17. The van der Waals surface area contributed by atoms with Crippen molar-refractivity contribution < 1.29 is 14.3 Å². The van der Waals surface area contributed by atoms with Crippen LogP contribution in [0.3, 0.4) is 0 Å². The molecule has 6 heteroatoms. The number of carbonyl (C=O) groups excluding carboxylic acids is 1. The smallest absolute Gasteiger partial charge is 0.326 e. The van der Waals surface area contributed by atoms with E-state index in [2.05, 4.69) is 27.9 Å². The fourth-order valence-electron chi connectivity index (χ4n) is 2.79. The first-order valence-corrected chi connectivity index (χ1v) is 9.78. The van der Waals surface area contributed by atoms with Gasteiger partial charge in [-0.3, -0.25) is 4.90 Å². The molecule has 0 saturated carbocycles. The lowest BCUT2D eigenvalue weighted by Gasteiger charge is -2.25. The monoisotopic (exact) mass is 488 g/mol. The van der Waals surface area contributed by atoms with Crippen LogP contribution in [0.25, 0.3) is 0 Å². The average molecular weight is 488 g/mol. The fourth-order valence-corrected chi connectivity index (χ4v) is 3.47. The van der Waals surface area contributed by atoms with Gasteiger partial charge in [0.25, 0.3) is 0 Å². The van der Waals surface area contributed by atoms with Gasteiger partial charge >= 0.3 is 6.03 Å². The van der Waals surface area contributed by atoms with Crippen LogP contribution in [0, 0.1) is 3.57 Å². The summed E-state index contributed by atoms with van der Waals surface area (Å²) in [6.07, 6.45) is 0. The summed E-state index contributed by atoms with van der Waals surface area (Å²) >= 11 is 2.24. The van der Waals surface area contributed by atoms with Crippen LogP contribution in [-0.2, 0) is 6.54 Å². The molecule has 2 amide bonds. The van der Waals surface area contributed by atoms with Crippen LogP contribution in [-0.4, -0.2) is 20.3 Å². The number of para-hydroxylation sites is 2. The normalized spacial score (nSPS) is 10.2. The van der Waals surface area contributed by atoms with E-state index in [-0.39, 0.29) is 6.03 Å². The Kier molecular flexibility index (Phi) is 6.76. The highest BCUT2D eigenvalue weighted by atomic mass is 127. The van der Waals surface area contributed by atoms with Crippen molar-refractivity contribution in [1.29, 1.82) is 0 Å². The van der Waals surface area contributed by atoms with Crippen molar-refractivity contribution in [1.82, 2.24) is 0 Å². The molecule has 5 nitrogen and oxygen atoms in total. The number of nitrogens with zero attached hydrogens (tertiary/aromatic N) is 1. The van der Waals surface area contributed by atoms with Gasteiger partial charge in [-0.1, -0.05) is 30.3 Å². The second-order valence-corrected chi connectivity index (χ2v) is 7.22. The Morgan fingerprint density at radius 3 is 2.14 bits per heavy atom. The van der Waals surface area contributed by atoms with Gasteiger partial charge < -0.3 is 14.8 Å². The van der Waals surface area contributed by atoms with Gasteiger partial charge in [-0.15, -0.1) is 0 Å². The number of rotatable bonds is 6. The summed E-state index contributed by atoms with van der Waals surface area (Å²) in [4.78, 5) is 14.8. The molecule has 0 radical (unpaired) electrons. The van der Waals surface area contributed by atoms with Crippen molar-refractivity contribution in [3.8, 4) is 11.5 Å². The van der Waals surface area contributed by atoms with Crippen molar-refractivity contribution in [3.05, 3.63) is 81.9 Å². The molecule has 0 bridgehead atoms. The van der Waals surface area contributed by atoms with E-state index in [9.17, 15) is 4.79 Å². The van der Waals surface area contributed by atoms with E-state index in [0.717, 1.165) is 20.5 Å². The van der Waals surface area contributed by atoms with Gasteiger partial charge in [0.2, 0.25) is 0 Å². The predicted molar refractivity (Wildman–Crippen MR) is 120 cm³/mol. The van der Waals surface area contributed by atoms with Crippen molar-refractivity contribution in [3.63, 3.8) is 0 Å². The Hall–Kier alpha value is -2.74. The zero-order valence-electron chi connectivity index (χ0n) is 15.7. The number of hydrogen-bond acceptors (Lipinski definition) is 3. The molecular formula is C22H21IN2O3. The first-order valence-electron chi connectivity index (χ1n) is 8.70. The van der Waals surface area contributed by atoms with Crippen molar-refractivity contribution in [2.45, 2.75) is 6.54 Å². The van der Waals surface area contributed by atoms with Crippen LogP contribution in [0.15, 0.2) is 72.8 Å². The van der Waals surface area contributed by atoms with Crippen molar-refractivity contribution in [2.24, 2.45) is 0 Å². The summed E-state index contributed by atoms with van der Waals surface area (Å²) in [5, 5.41) is 2.97. The SMILES string of the molecule is COc1cc(CN(C(=O)Nc2ccccc2)c2ccccc2I)cc(OC)c1. The molecule has 1 N–H and O–H groups in total. The molecule has 0 spiro atoms. The highest BCUT2D eigenvalue weighted by molar-refractivity contribution is 14.1. The maximum atomic E-state index is 13.1. The molecule has 3 rings (SSSR count). The molecule has 0 aliphatic carbocycles. The van der Waals surface area contributed by atoms with Crippen LogP contribution in [0.1, 0.15) is 5.56 Å². The molecule has 3 aromatic rings. The largest absolute Gasteiger partial charge is 0.497 e. The number of methoxy groups -OCH3 is 2. The Labute approximate surface area is 178 Å². The minimum atomic E-state index is -0.211. The standard InChI is InChI=1S/C22H21IN2O3/c1-27-18-12-16(13-19(14-18)28-2)15-25(21-11-7-6-10-20(21)23)22(26)24-17-8-4-3-5-9-17/h3-14H,15H2,1-2H3,(H,24,26). The van der Waals surface area contributed by atoms with Crippen LogP contribution in [0.5, 0.6) is 11.5 Å². The third-order valence-corrected chi connectivity index (χ3v) is 5.08. The minimum Gasteiger partial charge on any atom is -0.497 e. The summed E-state index contributed by atoms with van der Waals surface area (Å²) in [6, 6.07) is 22.6. The first kappa shape index (κ1) is 20.0. The van der Waals surface area contributed by atoms with E-state index in [0.29, 0.717) is 18.0 Å². The zero-order chi connectivity index (χ0) is 19.9. The Bertz CT molecular complexity index is 925. The summed E-state index contributed by atoms with van der Waals surface area (Å²) in [5.41, 5.74) is 2.48. The molecule has 0 aromatic heterocycles. The van der Waals surface area contributed by atoms with E-state index >= 15 is 0 Å². The van der Waals surface area contributed by atoms with Gasteiger partial charge in [-0.05, 0) is 64.6 Å². The van der Waals surface area contributed by atoms with E-state index in [1.807, 2.05) is 72.8 Å². The van der Waals surface area contributed by atoms with Gasteiger partial charge in [0, 0.05) is 15.3 Å². The van der Waals surface area contributed by atoms with Crippen LogP contribution in [0.4, 0.5) is 16.2 Å². The van der Waals surface area contributed by atoms with E-state index in [4.69, 9.17) is 9.47 Å². The Balaban J connectivity index is 1.95. The lowest BCUT2D eigenvalue weighted by Crippen LogP contribution is -2.35. The van der Waals surface area contributed by atoms with Gasteiger partial charge in [0.05, 0.1) is 26.5 Å². The van der Waals surface area contributed by atoms with Crippen molar-refractivity contribution in [2.75, 3.05) is 24.4 Å². The quantitative estimate of drug-likeness (QED) is 0.464. The Morgan fingerprint density at radius 2 is 1.54 bits per heavy atom. The Morgan fingerprint density at radius 1 is 0.929 bits per heavy atom. The second-order valence-electron chi connectivity index (χ2n) is 6.05. The number of ether oxygens (including phenoxy) is 2. The van der Waals surface area contributed by atoms with E-state index in [1.165, 1.54) is 0 Å². The first-order chi connectivity index (χ1) is 13.6. The fraction of sp³-hybridized carbons (Fsp3) is 0.136. The van der Waals surface area contributed by atoms with Gasteiger partial charge in [0.1, 0.15) is 11.5 Å². The van der Waals surface area contributed by atoms with E-state index in [1.54, 1.807) is 19.1 Å². The number of halogens is 1. The number of carbonyl (C=O) groups is 1. The van der Waals surface area contributed by atoms with Crippen LogP contribution >= 0.6 is 22.6 Å². The third kappa shape index (κ3) is 4.95. The lowest BCUT2D eigenvalue weighted by atomic mass is 10.1. The molecule has 0 unspecified atom stereocenters. The van der Waals surface area contributed by atoms with Gasteiger partial charge in [-0.2, -0.15) is 0 Å². The van der Waals surface area contributed by atoms with Crippen molar-refractivity contribution >= 4 is 40.0 Å². The molecule has 28 heavy (non-hydrogen) atoms. The van der Waals surface area contributed by atoms with Crippen LogP contribution < -0.4 is 19.7 Å². The molecule has 3 aromatic carbocycles. The number of urea groups is 1. The maximum absolute atomic E-state index is 13.1.